The molecule has 1 aromatic rings. The van der Waals surface area contributed by atoms with E-state index in [1.165, 1.54) is 0 Å². The summed E-state index contributed by atoms with van der Waals surface area (Å²) in [7, 11) is -3.34. The molecule has 25 heavy (non-hydrogen) atoms. The molecule has 3 unspecified atom stereocenters. The fourth-order valence-corrected chi connectivity index (χ4v) is 5.88. The standard InChI is InChI=1S/C16H23N2O6P/c1-2-13(15(21)18-10-14(19)20)25(24,9-8-12(17)16(22)23)11-6-4-3-5-7-11/h3-7,12-13H,2,8-10,17H2,1H3,(H,18,21)(H,19,20)(H,22,23). The van der Waals surface area contributed by atoms with Crippen LogP contribution in [0, 0.1) is 0 Å². The SMILES string of the molecule is CCC(C(=O)NCC(=O)O)P(=O)(CCC(N)C(=O)O)c1ccccc1. The van der Waals surface area contributed by atoms with E-state index < -0.39 is 43.2 Å². The minimum atomic E-state index is -3.34. The van der Waals surface area contributed by atoms with Gasteiger partial charge in [-0.05, 0) is 12.8 Å². The molecule has 0 spiro atoms. The Kier molecular flexibility index (Phi) is 7.80. The number of nitrogens with one attached hydrogen (secondary N) is 1. The van der Waals surface area contributed by atoms with Gasteiger partial charge in [-0.3, -0.25) is 14.4 Å². The lowest BCUT2D eigenvalue weighted by atomic mass is 10.2. The largest absolute Gasteiger partial charge is 0.480 e. The first kappa shape index (κ1) is 20.9. The third kappa shape index (κ3) is 5.69. The Hall–Kier alpha value is -2.18. The zero-order chi connectivity index (χ0) is 19.0. The van der Waals surface area contributed by atoms with E-state index in [-0.39, 0.29) is 19.0 Å². The van der Waals surface area contributed by atoms with Gasteiger partial charge in [0.05, 0.1) is 5.66 Å². The van der Waals surface area contributed by atoms with Gasteiger partial charge in [-0.1, -0.05) is 37.3 Å². The Bertz CT molecular complexity index is 664. The maximum Gasteiger partial charge on any atom is 0.322 e. The van der Waals surface area contributed by atoms with Gasteiger partial charge in [0.25, 0.3) is 0 Å². The van der Waals surface area contributed by atoms with Crippen LogP contribution in [0.5, 0.6) is 0 Å². The average Bonchev–Trinajstić information content (AvgIpc) is 2.59. The highest BCUT2D eigenvalue weighted by Gasteiger charge is 2.39. The molecule has 0 aliphatic carbocycles. The number of nitrogens with two attached hydrogens (primary N) is 1. The van der Waals surface area contributed by atoms with Crippen molar-refractivity contribution in [1.82, 2.24) is 5.32 Å². The van der Waals surface area contributed by atoms with E-state index in [0.717, 1.165) is 0 Å². The second kappa shape index (κ2) is 9.34. The van der Waals surface area contributed by atoms with Crippen molar-refractivity contribution < 1.29 is 29.2 Å². The van der Waals surface area contributed by atoms with Crippen LogP contribution in [-0.2, 0) is 18.9 Å². The van der Waals surface area contributed by atoms with Crippen LogP contribution in [-0.4, -0.2) is 52.5 Å². The van der Waals surface area contributed by atoms with Crippen molar-refractivity contribution in [1.29, 1.82) is 0 Å². The molecule has 1 amide bonds. The van der Waals surface area contributed by atoms with Crippen molar-refractivity contribution >= 4 is 30.3 Å². The Morgan fingerprint density at radius 1 is 1.20 bits per heavy atom. The Morgan fingerprint density at radius 3 is 2.28 bits per heavy atom. The van der Waals surface area contributed by atoms with Gasteiger partial charge >= 0.3 is 11.9 Å². The lowest BCUT2D eigenvalue weighted by Crippen LogP contribution is -2.40. The Balaban J connectivity index is 3.15. The molecule has 0 fully saturated rings. The van der Waals surface area contributed by atoms with E-state index in [2.05, 4.69) is 5.32 Å². The minimum Gasteiger partial charge on any atom is -0.480 e. The van der Waals surface area contributed by atoms with Crippen LogP contribution < -0.4 is 16.4 Å². The Morgan fingerprint density at radius 2 is 1.80 bits per heavy atom. The van der Waals surface area contributed by atoms with Gasteiger partial charge in [0, 0.05) is 11.5 Å². The summed E-state index contributed by atoms with van der Waals surface area (Å²) in [6.45, 7) is 1.11. The van der Waals surface area contributed by atoms with Crippen LogP contribution in [0.2, 0.25) is 0 Å². The normalized spacial score (nSPS) is 15.6. The molecule has 0 saturated heterocycles. The van der Waals surface area contributed by atoms with Gasteiger partial charge in [-0.25, -0.2) is 0 Å². The van der Waals surface area contributed by atoms with Crippen molar-refractivity contribution in [3.63, 3.8) is 0 Å². The molecule has 5 N–H and O–H groups in total. The smallest absolute Gasteiger partial charge is 0.322 e. The summed E-state index contributed by atoms with van der Waals surface area (Å²) in [4.78, 5) is 34.0. The monoisotopic (exact) mass is 370 g/mol. The third-order valence-corrected chi connectivity index (χ3v) is 7.59. The predicted octanol–water partition coefficient (Wildman–Crippen LogP) is 0.456. The zero-order valence-electron chi connectivity index (χ0n) is 13.9. The number of carboxylic acid groups (broad SMARTS) is 2. The van der Waals surface area contributed by atoms with E-state index in [1.807, 2.05) is 0 Å². The molecule has 1 aromatic carbocycles. The van der Waals surface area contributed by atoms with Crippen molar-refractivity contribution in [2.75, 3.05) is 12.7 Å². The lowest BCUT2D eigenvalue weighted by Gasteiger charge is -2.27. The molecule has 0 radical (unpaired) electrons. The molecule has 0 heterocycles. The fourth-order valence-electron chi connectivity index (χ4n) is 2.55. The highest BCUT2D eigenvalue weighted by molar-refractivity contribution is 7.73. The van der Waals surface area contributed by atoms with Crippen LogP contribution in [0.25, 0.3) is 0 Å². The van der Waals surface area contributed by atoms with Crippen LogP contribution in [0.1, 0.15) is 19.8 Å². The number of carbonyl (C=O) groups is 3. The summed E-state index contributed by atoms with van der Waals surface area (Å²) in [5.74, 6) is -3.03. The maximum atomic E-state index is 13.7. The molecule has 3 atom stereocenters. The molecule has 0 aliphatic rings. The molecular weight excluding hydrogens is 347 g/mol. The second-order valence-corrected chi connectivity index (χ2v) is 8.80. The number of hydrogen-bond donors (Lipinski definition) is 4. The van der Waals surface area contributed by atoms with Crippen molar-refractivity contribution in [2.45, 2.75) is 31.5 Å². The highest BCUT2D eigenvalue weighted by Crippen LogP contribution is 2.51. The number of hydrogen-bond acceptors (Lipinski definition) is 5. The average molecular weight is 370 g/mol. The zero-order valence-corrected chi connectivity index (χ0v) is 14.8. The van der Waals surface area contributed by atoms with E-state index in [1.54, 1.807) is 37.3 Å². The number of benzene rings is 1. The van der Waals surface area contributed by atoms with Crippen LogP contribution in [0.15, 0.2) is 30.3 Å². The summed E-state index contributed by atoms with van der Waals surface area (Å²) >= 11 is 0. The van der Waals surface area contributed by atoms with Gasteiger partial charge in [0.1, 0.15) is 19.7 Å². The molecule has 9 heteroatoms. The van der Waals surface area contributed by atoms with Crippen LogP contribution in [0.3, 0.4) is 0 Å². The molecular formula is C16H23N2O6P. The molecule has 8 nitrogen and oxygen atoms in total. The van der Waals surface area contributed by atoms with E-state index >= 15 is 0 Å². The van der Waals surface area contributed by atoms with Gasteiger partial charge in [0.2, 0.25) is 5.91 Å². The van der Waals surface area contributed by atoms with Gasteiger partial charge in [-0.15, -0.1) is 0 Å². The first-order valence-electron chi connectivity index (χ1n) is 7.84. The fraction of sp³-hybridized carbons (Fsp3) is 0.438. The van der Waals surface area contributed by atoms with Crippen LogP contribution >= 0.6 is 7.14 Å². The molecule has 0 aromatic heterocycles. The number of aliphatic carboxylic acids is 2. The lowest BCUT2D eigenvalue weighted by molar-refractivity contribution is -0.139. The van der Waals surface area contributed by atoms with Crippen molar-refractivity contribution in [3.8, 4) is 0 Å². The summed E-state index contributed by atoms with van der Waals surface area (Å²) in [6.07, 6.45) is 0.119. The number of carboxylic acids is 2. The Labute approximate surface area is 145 Å². The first-order valence-corrected chi connectivity index (χ1v) is 9.80. The van der Waals surface area contributed by atoms with Gasteiger partial charge < -0.3 is 25.8 Å². The maximum absolute atomic E-state index is 13.7. The predicted molar refractivity (Wildman–Crippen MR) is 93.5 cm³/mol. The van der Waals surface area contributed by atoms with E-state index in [9.17, 15) is 18.9 Å². The van der Waals surface area contributed by atoms with Gasteiger partial charge in [-0.2, -0.15) is 0 Å². The highest BCUT2D eigenvalue weighted by atomic mass is 31.2. The number of carbonyl (C=O) groups excluding carboxylic acids is 1. The summed E-state index contributed by atoms with van der Waals surface area (Å²) < 4.78 is 13.7. The molecule has 0 aliphatic heterocycles. The van der Waals surface area contributed by atoms with Crippen molar-refractivity contribution in [2.24, 2.45) is 5.73 Å². The summed E-state index contributed by atoms with van der Waals surface area (Å²) in [5, 5.41) is 20.4. The summed E-state index contributed by atoms with van der Waals surface area (Å²) in [6, 6.07) is 7.17. The quantitative estimate of drug-likeness (QED) is 0.437. The van der Waals surface area contributed by atoms with E-state index in [4.69, 9.17) is 15.9 Å². The van der Waals surface area contributed by atoms with Crippen molar-refractivity contribution in [3.05, 3.63) is 30.3 Å². The molecule has 138 valence electrons. The third-order valence-electron chi connectivity index (χ3n) is 3.89. The number of amides is 1. The second-order valence-electron chi connectivity index (χ2n) is 5.62. The molecule has 0 bridgehead atoms. The minimum absolute atomic E-state index is 0.0514. The van der Waals surface area contributed by atoms with Gasteiger partial charge in [0.15, 0.2) is 0 Å². The molecule has 1 rings (SSSR count). The van der Waals surface area contributed by atoms with Crippen LogP contribution in [0.4, 0.5) is 0 Å². The molecule has 0 saturated carbocycles. The summed E-state index contributed by atoms with van der Waals surface area (Å²) in [5.41, 5.74) is 4.57. The number of rotatable bonds is 10. The van der Waals surface area contributed by atoms with E-state index in [0.29, 0.717) is 5.30 Å². The topological polar surface area (TPSA) is 147 Å². The first-order chi connectivity index (χ1) is 11.7.